The second-order valence-corrected chi connectivity index (χ2v) is 3.22. The molecule has 0 aromatic heterocycles. The van der Waals surface area contributed by atoms with Crippen molar-refractivity contribution in [3.05, 3.63) is 41.4 Å². The first-order valence-corrected chi connectivity index (χ1v) is 4.15. The molecule has 2 aromatic carbocycles. The molecule has 0 amide bonds. The van der Waals surface area contributed by atoms with Gasteiger partial charge in [0.1, 0.15) is 5.69 Å². The van der Waals surface area contributed by atoms with Gasteiger partial charge < -0.3 is 5.73 Å². The Kier molecular flexibility index (Phi) is 1.75. The van der Waals surface area contributed by atoms with Gasteiger partial charge in [0.25, 0.3) is 0 Å². The lowest BCUT2D eigenvalue weighted by Crippen LogP contribution is -2.40. The van der Waals surface area contributed by atoms with Crippen molar-refractivity contribution in [2.24, 2.45) is 0 Å². The standard InChI is InChI=1S/C10H8ClN/c11-8-4-5-9-7(6-8)2-1-3-10(9)12/h1-6H,12H2/p+1. The molecule has 0 fully saturated rings. The van der Waals surface area contributed by atoms with Crippen LogP contribution in [0.25, 0.3) is 10.8 Å². The number of fused-ring (bicyclic) bond motifs is 1. The monoisotopic (exact) mass is 178 g/mol. The van der Waals surface area contributed by atoms with Crippen molar-refractivity contribution in [1.82, 2.24) is 0 Å². The zero-order valence-electron chi connectivity index (χ0n) is 6.55. The van der Waals surface area contributed by atoms with Crippen molar-refractivity contribution in [1.29, 1.82) is 0 Å². The maximum Gasteiger partial charge on any atom is 0.135 e. The van der Waals surface area contributed by atoms with E-state index in [9.17, 15) is 0 Å². The number of hydrogen-bond donors (Lipinski definition) is 1. The Morgan fingerprint density at radius 3 is 2.75 bits per heavy atom. The van der Waals surface area contributed by atoms with Crippen LogP contribution in [0.4, 0.5) is 5.69 Å². The summed E-state index contributed by atoms with van der Waals surface area (Å²) in [5.74, 6) is 0. The van der Waals surface area contributed by atoms with E-state index in [-0.39, 0.29) is 0 Å². The highest BCUT2D eigenvalue weighted by molar-refractivity contribution is 6.31. The number of hydrogen-bond acceptors (Lipinski definition) is 0. The van der Waals surface area contributed by atoms with Crippen molar-refractivity contribution in [3.63, 3.8) is 0 Å². The zero-order chi connectivity index (χ0) is 8.55. The highest BCUT2D eigenvalue weighted by atomic mass is 35.5. The molecule has 0 spiro atoms. The molecule has 2 heteroatoms. The van der Waals surface area contributed by atoms with Crippen molar-refractivity contribution in [2.45, 2.75) is 0 Å². The molecule has 1 nitrogen and oxygen atoms in total. The lowest BCUT2D eigenvalue weighted by atomic mass is 10.1. The number of rotatable bonds is 0. The largest absolute Gasteiger partial charge is 0.325 e. The van der Waals surface area contributed by atoms with Crippen molar-refractivity contribution < 1.29 is 5.73 Å². The van der Waals surface area contributed by atoms with Crippen molar-refractivity contribution >= 4 is 28.1 Å². The van der Waals surface area contributed by atoms with Crippen LogP contribution < -0.4 is 5.73 Å². The molecule has 0 bridgehead atoms. The van der Waals surface area contributed by atoms with E-state index in [0.717, 1.165) is 16.1 Å². The maximum absolute atomic E-state index is 5.85. The van der Waals surface area contributed by atoms with E-state index in [1.165, 1.54) is 5.39 Å². The SMILES string of the molecule is [NH3+]c1cccc2cc(Cl)ccc12. The van der Waals surface area contributed by atoms with Gasteiger partial charge in [-0.25, -0.2) is 0 Å². The van der Waals surface area contributed by atoms with Crippen LogP contribution in [0.5, 0.6) is 0 Å². The molecule has 2 aromatic rings. The first-order valence-electron chi connectivity index (χ1n) is 3.77. The molecule has 0 heterocycles. The van der Waals surface area contributed by atoms with Crippen LogP contribution in [0.1, 0.15) is 0 Å². The first kappa shape index (κ1) is 7.59. The summed E-state index contributed by atoms with van der Waals surface area (Å²) >= 11 is 5.85. The number of halogens is 1. The highest BCUT2D eigenvalue weighted by Crippen LogP contribution is 2.22. The third kappa shape index (κ3) is 1.17. The minimum atomic E-state index is 0.771. The molecule has 0 aliphatic heterocycles. The summed E-state index contributed by atoms with van der Waals surface area (Å²) in [7, 11) is 0. The van der Waals surface area contributed by atoms with Crippen LogP contribution in [-0.4, -0.2) is 0 Å². The van der Waals surface area contributed by atoms with Crippen molar-refractivity contribution in [2.75, 3.05) is 0 Å². The number of quaternary nitrogens is 1. The van der Waals surface area contributed by atoms with Gasteiger partial charge in [0.2, 0.25) is 0 Å². The zero-order valence-corrected chi connectivity index (χ0v) is 7.31. The van der Waals surface area contributed by atoms with E-state index in [4.69, 9.17) is 11.6 Å². The molecule has 3 N–H and O–H groups in total. The van der Waals surface area contributed by atoms with E-state index >= 15 is 0 Å². The fraction of sp³-hybridized carbons (Fsp3) is 0. The molecule has 0 radical (unpaired) electrons. The molecular formula is C10H9ClN+. The molecule has 0 aliphatic carbocycles. The van der Waals surface area contributed by atoms with Gasteiger partial charge in [-0.1, -0.05) is 23.7 Å². The van der Waals surface area contributed by atoms with Gasteiger partial charge in [0.15, 0.2) is 0 Å². The predicted octanol–water partition coefficient (Wildman–Crippen LogP) is 2.37. The molecule has 2 rings (SSSR count). The molecule has 0 aliphatic rings. The van der Waals surface area contributed by atoms with Crippen LogP contribution in [0.3, 0.4) is 0 Å². The minimum absolute atomic E-state index is 0.771. The summed E-state index contributed by atoms with van der Waals surface area (Å²) in [6.45, 7) is 0. The third-order valence-electron chi connectivity index (χ3n) is 1.93. The summed E-state index contributed by atoms with van der Waals surface area (Å²) in [6, 6.07) is 11.9. The lowest BCUT2D eigenvalue weighted by Gasteiger charge is -1.98. The summed E-state index contributed by atoms with van der Waals surface area (Å²) in [5, 5.41) is 3.09. The van der Waals surface area contributed by atoms with Crippen LogP contribution in [0.2, 0.25) is 5.02 Å². The Hall–Kier alpha value is -1.05. The van der Waals surface area contributed by atoms with Crippen LogP contribution in [-0.2, 0) is 0 Å². The average Bonchev–Trinajstić information content (AvgIpc) is 2.04. The van der Waals surface area contributed by atoms with Crippen molar-refractivity contribution in [3.8, 4) is 0 Å². The first-order chi connectivity index (χ1) is 5.77. The van der Waals surface area contributed by atoms with E-state index in [1.54, 1.807) is 0 Å². The van der Waals surface area contributed by atoms with E-state index < -0.39 is 0 Å². The molecule has 12 heavy (non-hydrogen) atoms. The lowest BCUT2D eigenvalue weighted by molar-refractivity contribution is -0.252. The Labute approximate surface area is 75.8 Å². The second kappa shape index (κ2) is 2.77. The van der Waals surface area contributed by atoms with Gasteiger partial charge in [0.05, 0.1) is 0 Å². The van der Waals surface area contributed by atoms with Crippen LogP contribution in [0, 0.1) is 0 Å². The molecule has 0 saturated heterocycles. The molecule has 0 unspecified atom stereocenters. The molecule has 0 saturated carbocycles. The topological polar surface area (TPSA) is 27.6 Å². The Morgan fingerprint density at radius 2 is 1.92 bits per heavy atom. The van der Waals surface area contributed by atoms with Gasteiger partial charge in [0, 0.05) is 10.4 Å². The third-order valence-corrected chi connectivity index (χ3v) is 2.17. The molecule has 60 valence electrons. The highest BCUT2D eigenvalue weighted by Gasteiger charge is 1.99. The van der Waals surface area contributed by atoms with E-state index in [0.29, 0.717) is 0 Å². The summed E-state index contributed by atoms with van der Waals surface area (Å²) in [4.78, 5) is 0. The number of benzene rings is 2. The fourth-order valence-electron chi connectivity index (χ4n) is 1.32. The Bertz CT molecular complexity index is 423. The van der Waals surface area contributed by atoms with Crippen LogP contribution in [0.15, 0.2) is 36.4 Å². The smallest absolute Gasteiger partial charge is 0.135 e. The average molecular weight is 179 g/mol. The van der Waals surface area contributed by atoms with Gasteiger partial charge in [-0.15, -0.1) is 0 Å². The molecule has 0 atom stereocenters. The Morgan fingerprint density at radius 1 is 1.08 bits per heavy atom. The maximum atomic E-state index is 5.85. The van der Waals surface area contributed by atoms with Gasteiger partial charge in [-0.3, -0.25) is 0 Å². The van der Waals surface area contributed by atoms with Gasteiger partial charge in [-0.2, -0.15) is 0 Å². The second-order valence-electron chi connectivity index (χ2n) is 2.78. The summed E-state index contributed by atoms with van der Waals surface area (Å²) in [5.41, 5.74) is 4.98. The molecular weight excluding hydrogens is 170 g/mol. The normalized spacial score (nSPS) is 10.5. The quantitative estimate of drug-likeness (QED) is 0.642. The minimum Gasteiger partial charge on any atom is -0.325 e. The summed E-state index contributed by atoms with van der Waals surface area (Å²) < 4.78 is 0. The van der Waals surface area contributed by atoms with Gasteiger partial charge in [-0.05, 0) is 29.7 Å². The van der Waals surface area contributed by atoms with Crippen LogP contribution >= 0.6 is 11.6 Å². The fourth-order valence-corrected chi connectivity index (χ4v) is 1.50. The van der Waals surface area contributed by atoms with Gasteiger partial charge >= 0.3 is 0 Å². The van der Waals surface area contributed by atoms with E-state index in [2.05, 4.69) is 5.73 Å². The predicted molar refractivity (Wildman–Crippen MR) is 51.5 cm³/mol. The summed E-state index contributed by atoms with van der Waals surface area (Å²) in [6.07, 6.45) is 0. The Balaban J connectivity index is 2.86. The van der Waals surface area contributed by atoms with E-state index in [1.807, 2.05) is 36.4 Å².